The monoisotopic (exact) mass is 498 g/mol. The fourth-order valence-corrected chi connectivity index (χ4v) is 3.67. The molecule has 3 rings (SSSR count). The van der Waals surface area contributed by atoms with Crippen LogP contribution in [0.15, 0.2) is 70.7 Å². The Hall–Kier alpha value is -2.58. The molecule has 6 heteroatoms. The maximum Gasteiger partial charge on any atom is 0.266 e. The smallest absolute Gasteiger partial charge is 0.266 e. The van der Waals surface area contributed by atoms with Crippen molar-refractivity contribution < 1.29 is 4.79 Å². The first kappa shape index (κ1) is 22.1. The van der Waals surface area contributed by atoms with Crippen molar-refractivity contribution in [2.75, 3.05) is 5.32 Å². The summed E-state index contributed by atoms with van der Waals surface area (Å²) in [6, 6.07) is 20.5. The van der Waals surface area contributed by atoms with Gasteiger partial charge in [-0.15, -0.1) is 0 Å². The molecule has 0 aromatic heterocycles. The minimum atomic E-state index is -0.510. The minimum Gasteiger partial charge on any atom is -0.321 e. The van der Waals surface area contributed by atoms with Crippen LogP contribution in [0.4, 0.5) is 5.69 Å². The van der Waals surface area contributed by atoms with Crippen molar-refractivity contribution in [3.63, 3.8) is 0 Å². The van der Waals surface area contributed by atoms with Crippen LogP contribution in [0.5, 0.6) is 0 Å². The summed E-state index contributed by atoms with van der Waals surface area (Å²) in [7, 11) is 0. The second-order valence-corrected chi connectivity index (χ2v) is 8.40. The summed E-state index contributed by atoms with van der Waals surface area (Å²) in [5, 5.41) is 13.4. The molecule has 0 saturated heterocycles. The van der Waals surface area contributed by atoms with Crippen LogP contribution < -0.4 is 5.32 Å². The minimum absolute atomic E-state index is 0.0256. The van der Waals surface area contributed by atoms with E-state index in [4.69, 9.17) is 23.2 Å². The van der Waals surface area contributed by atoms with Crippen molar-refractivity contribution in [1.29, 1.82) is 5.26 Å². The summed E-state index contributed by atoms with van der Waals surface area (Å²) in [4.78, 5) is 12.7. The topological polar surface area (TPSA) is 52.9 Å². The number of carbonyl (C=O) groups is 1. The number of anilines is 1. The molecule has 3 aromatic carbocycles. The van der Waals surface area contributed by atoms with Crippen LogP contribution in [0, 0.1) is 18.3 Å². The Bertz CT molecular complexity index is 1180. The van der Waals surface area contributed by atoms with Gasteiger partial charge in [-0.25, -0.2) is 0 Å². The maximum absolute atomic E-state index is 12.7. The molecule has 30 heavy (non-hydrogen) atoms. The molecule has 1 N–H and O–H groups in total. The lowest BCUT2D eigenvalue weighted by Crippen LogP contribution is -2.13. The first-order valence-electron chi connectivity index (χ1n) is 9.08. The predicted molar refractivity (Wildman–Crippen MR) is 127 cm³/mol. The Morgan fingerprint density at radius 2 is 1.87 bits per heavy atom. The zero-order valence-electron chi connectivity index (χ0n) is 16.0. The van der Waals surface area contributed by atoms with E-state index in [2.05, 4.69) is 21.2 Å². The number of nitrogens with one attached hydrogen (secondary N) is 1. The summed E-state index contributed by atoms with van der Waals surface area (Å²) >= 11 is 15.9. The molecule has 3 aromatic rings. The van der Waals surface area contributed by atoms with Gasteiger partial charge in [0.25, 0.3) is 5.91 Å². The van der Waals surface area contributed by atoms with E-state index in [1.165, 1.54) is 0 Å². The Morgan fingerprint density at radius 1 is 1.10 bits per heavy atom. The van der Waals surface area contributed by atoms with Gasteiger partial charge in [0.15, 0.2) is 0 Å². The number of rotatable bonds is 5. The molecule has 0 atom stereocenters. The number of amides is 1. The molecule has 0 fully saturated rings. The molecule has 0 saturated carbocycles. The predicted octanol–water partition coefficient (Wildman–Crippen LogP) is 7.20. The summed E-state index contributed by atoms with van der Waals surface area (Å²) in [5.74, 6) is -0.510. The van der Waals surface area contributed by atoms with Gasteiger partial charge in [0.05, 0.1) is 0 Å². The number of benzene rings is 3. The number of nitriles is 1. The molecular formula is C24H17BrCl2N2O. The molecule has 0 aliphatic rings. The van der Waals surface area contributed by atoms with Crippen molar-refractivity contribution in [2.45, 2.75) is 13.3 Å². The van der Waals surface area contributed by atoms with Gasteiger partial charge in [0.2, 0.25) is 0 Å². The summed E-state index contributed by atoms with van der Waals surface area (Å²) in [5.41, 5.74) is 4.16. The lowest BCUT2D eigenvalue weighted by molar-refractivity contribution is -0.112. The van der Waals surface area contributed by atoms with E-state index in [0.717, 1.165) is 21.2 Å². The lowest BCUT2D eigenvalue weighted by Gasteiger charge is -2.10. The van der Waals surface area contributed by atoms with Crippen molar-refractivity contribution >= 4 is 56.8 Å². The van der Waals surface area contributed by atoms with Gasteiger partial charge >= 0.3 is 0 Å². The van der Waals surface area contributed by atoms with Crippen LogP contribution in [-0.2, 0) is 11.2 Å². The maximum atomic E-state index is 12.7. The highest BCUT2D eigenvalue weighted by Crippen LogP contribution is 2.26. The first-order chi connectivity index (χ1) is 14.4. The Balaban J connectivity index is 1.92. The second-order valence-electron chi connectivity index (χ2n) is 6.70. The third-order valence-corrected chi connectivity index (χ3v) is 5.96. The van der Waals surface area contributed by atoms with Crippen molar-refractivity contribution in [2.24, 2.45) is 0 Å². The summed E-state index contributed by atoms with van der Waals surface area (Å²) in [6.07, 6.45) is 2.18. The highest BCUT2D eigenvalue weighted by molar-refractivity contribution is 9.10. The van der Waals surface area contributed by atoms with Gasteiger partial charge in [0.1, 0.15) is 11.6 Å². The van der Waals surface area contributed by atoms with Crippen LogP contribution >= 0.6 is 39.1 Å². The Kier molecular flexibility index (Phi) is 7.33. The first-order valence-corrected chi connectivity index (χ1v) is 10.6. The molecule has 3 nitrogen and oxygen atoms in total. The van der Waals surface area contributed by atoms with Gasteiger partial charge in [-0.05, 0) is 72.0 Å². The van der Waals surface area contributed by atoms with E-state index >= 15 is 0 Å². The van der Waals surface area contributed by atoms with Gasteiger partial charge in [-0.3, -0.25) is 4.79 Å². The number of hydrogen-bond acceptors (Lipinski definition) is 2. The number of aryl methyl sites for hydroxylation is 1. The summed E-state index contributed by atoms with van der Waals surface area (Å²) < 4.78 is 0.990. The quantitative estimate of drug-likeness (QED) is 0.298. The van der Waals surface area contributed by atoms with E-state index in [9.17, 15) is 10.1 Å². The van der Waals surface area contributed by atoms with Crippen LogP contribution in [0.3, 0.4) is 0 Å². The largest absolute Gasteiger partial charge is 0.321 e. The van der Waals surface area contributed by atoms with E-state index in [0.29, 0.717) is 27.7 Å². The highest BCUT2D eigenvalue weighted by Gasteiger charge is 2.13. The number of nitrogens with zero attached hydrogens (tertiary/aromatic N) is 1. The average Bonchev–Trinajstić information content (AvgIpc) is 2.72. The molecule has 0 heterocycles. The molecule has 1 amide bonds. The fourth-order valence-electron chi connectivity index (χ4n) is 2.88. The molecule has 0 aliphatic carbocycles. The lowest BCUT2D eigenvalue weighted by atomic mass is 9.98. The third kappa shape index (κ3) is 5.52. The molecule has 0 unspecified atom stereocenters. The third-order valence-electron chi connectivity index (χ3n) is 4.54. The second kappa shape index (κ2) is 9.95. The SMILES string of the molecule is Cc1ccc(NC(=O)/C(C#N)=C/c2cc(Cl)ccc2Cc2ccccc2Br)cc1Cl. The van der Waals surface area contributed by atoms with Gasteiger partial charge in [0, 0.05) is 20.2 Å². The van der Waals surface area contributed by atoms with Crippen LogP contribution in [-0.4, -0.2) is 5.91 Å². The van der Waals surface area contributed by atoms with Gasteiger partial charge in [-0.2, -0.15) is 5.26 Å². The molecule has 0 aliphatic heterocycles. The van der Waals surface area contributed by atoms with Crippen LogP contribution in [0.2, 0.25) is 10.0 Å². The van der Waals surface area contributed by atoms with Crippen molar-refractivity contribution in [3.8, 4) is 6.07 Å². The van der Waals surface area contributed by atoms with E-state index in [1.54, 1.807) is 36.4 Å². The van der Waals surface area contributed by atoms with Gasteiger partial charge < -0.3 is 5.32 Å². The van der Waals surface area contributed by atoms with Gasteiger partial charge in [-0.1, -0.05) is 69.5 Å². The number of hydrogen-bond donors (Lipinski definition) is 1. The average molecular weight is 500 g/mol. The Labute approximate surface area is 194 Å². The Morgan fingerprint density at radius 3 is 2.57 bits per heavy atom. The van der Waals surface area contributed by atoms with E-state index < -0.39 is 5.91 Å². The number of halogens is 3. The summed E-state index contributed by atoms with van der Waals surface area (Å²) in [6.45, 7) is 1.88. The van der Waals surface area contributed by atoms with Crippen LogP contribution in [0.25, 0.3) is 6.08 Å². The van der Waals surface area contributed by atoms with Crippen molar-refractivity contribution in [1.82, 2.24) is 0 Å². The van der Waals surface area contributed by atoms with E-state index in [-0.39, 0.29) is 5.57 Å². The normalized spacial score (nSPS) is 11.1. The standard InChI is InChI=1S/C24H17BrCl2N2O/c1-15-6-9-21(13-23(15)27)29-24(30)19(14-28)11-18-12-20(26)8-7-16(18)10-17-4-2-3-5-22(17)25/h2-9,11-13H,10H2,1H3,(H,29,30)/b19-11+. The molecule has 150 valence electrons. The zero-order valence-corrected chi connectivity index (χ0v) is 19.1. The molecular weight excluding hydrogens is 483 g/mol. The van der Waals surface area contributed by atoms with E-state index in [1.807, 2.05) is 43.3 Å². The van der Waals surface area contributed by atoms with Crippen LogP contribution in [0.1, 0.15) is 22.3 Å². The zero-order chi connectivity index (χ0) is 21.7. The number of carbonyl (C=O) groups excluding carboxylic acids is 1. The highest BCUT2D eigenvalue weighted by atomic mass is 79.9. The van der Waals surface area contributed by atoms with Crippen molar-refractivity contribution in [3.05, 3.63) is 103 Å². The molecule has 0 bridgehead atoms. The fraction of sp³-hybridized carbons (Fsp3) is 0.0833. The molecule has 0 spiro atoms. The molecule has 0 radical (unpaired) electrons.